The van der Waals surface area contributed by atoms with Crippen LogP contribution in [0.1, 0.15) is 50.7 Å². The van der Waals surface area contributed by atoms with Crippen LogP contribution in [0.2, 0.25) is 10.0 Å². The third-order valence-electron chi connectivity index (χ3n) is 4.64. The molecule has 1 aromatic carbocycles. The second-order valence-corrected chi connectivity index (χ2v) is 7.20. The summed E-state index contributed by atoms with van der Waals surface area (Å²) >= 11 is 12.4. The fraction of sp³-hybridized carbons (Fsp3) is 0.611. The fourth-order valence-corrected chi connectivity index (χ4v) is 3.68. The summed E-state index contributed by atoms with van der Waals surface area (Å²) in [7, 11) is 0. The molecule has 6 heteroatoms. The van der Waals surface area contributed by atoms with Gasteiger partial charge in [0.25, 0.3) is 0 Å². The zero-order valence-electron chi connectivity index (χ0n) is 13.7. The molecule has 1 saturated carbocycles. The molecule has 1 aromatic rings. The van der Waals surface area contributed by atoms with Gasteiger partial charge in [-0.25, -0.2) is 0 Å². The summed E-state index contributed by atoms with van der Waals surface area (Å²) in [5.74, 6) is -0.225. The zero-order chi connectivity index (χ0) is 17.2. The molecule has 0 aromatic heterocycles. The zero-order valence-corrected chi connectivity index (χ0v) is 15.2. The van der Waals surface area contributed by atoms with E-state index in [1.54, 1.807) is 12.1 Å². The Labute approximate surface area is 152 Å². The highest BCUT2D eigenvalue weighted by molar-refractivity contribution is 6.35. The molecular weight excluding hydrogens is 351 g/mol. The van der Waals surface area contributed by atoms with E-state index >= 15 is 0 Å². The topological polar surface area (TPSA) is 44.8 Å². The lowest BCUT2D eigenvalue weighted by atomic mass is 9.92. The van der Waals surface area contributed by atoms with Crippen molar-refractivity contribution in [2.45, 2.75) is 51.4 Å². The Balaban J connectivity index is 1.90. The molecule has 2 atom stereocenters. The lowest BCUT2D eigenvalue weighted by molar-refractivity contribution is -0.209. The summed E-state index contributed by atoms with van der Waals surface area (Å²) < 4.78 is 17.3. The standard InChI is InChI=1S/C18H22Cl2O4/c1-2-22-17(21)18(8-9-18)16(24-15-5-3-4-10-23-15)13-7-6-12(19)11-14(13)20/h6-7,11,15-16H,2-5,8-10H2,1H3. The molecule has 0 radical (unpaired) electrons. The van der Waals surface area contributed by atoms with Crippen molar-refractivity contribution in [3.63, 3.8) is 0 Å². The Morgan fingerprint density at radius 2 is 2.17 bits per heavy atom. The molecule has 3 rings (SSSR count). The lowest BCUT2D eigenvalue weighted by Crippen LogP contribution is -2.33. The molecule has 1 heterocycles. The molecule has 1 saturated heterocycles. The highest BCUT2D eigenvalue weighted by Gasteiger charge is 2.59. The van der Waals surface area contributed by atoms with Crippen LogP contribution in [-0.4, -0.2) is 25.5 Å². The summed E-state index contributed by atoms with van der Waals surface area (Å²) in [6.45, 7) is 2.84. The average molecular weight is 373 g/mol. The SMILES string of the molecule is CCOC(=O)C1(C(OC2CCCCO2)c2ccc(Cl)cc2Cl)CC1. The van der Waals surface area contributed by atoms with Gasteiger partial charge < -0.3 is 14.2 Å². The van der Waals surface area contributed by atoms with E-state index in [4.69, 9.17) is 37.4 Å². The molecule has 0 N–H and O–H groups in total. The van der Waals surface area contributed by atoms with Gasteiger partial charge in [-0.05, 0) is 51.2 Å². The van der Waals surface area contributed by atoms with Gasteiger partial charge in [-0.15, -0.1) is 0 Å². The van der Waals surface area contributed by atoms with Crippen LogP contribution in [0, 0.1) is 5.41 Å². The van der Waals surface area contributed by atoms with Gasteiger partial charge in [0.15, 0.2) is 6.29 Å². The molecule has 24 heavy (non-hydrogen) atoms. The van der Waals surface area contributed by atoms with Crippen LogP contribution in [0.25, 0.3) is 0 Å². The van der Waals surface area contributed by atoms with Crippen LogP contribution in [-0.2, 0) is 19.0 Å². The van der Waals surface area contributed by atoms with E-state index in [0.717, 1.165) is 37.7 Å². The average Bonchev–Trinajstić information content (AvgIpc) is 3.36. The number of esters is 1. The second kappa shape index (κ2) is 7.61. The van der Waals surface area contributed by atoms with Crippen molar-refractivity contribution < 1.29 is 19.0 Å². The first-order valence-electron chi connectivity index (χ1n) is 8.46. The Bertz CT molecular complexity index is 595. The number of hydrogen-bond acceptors (Lipinski definition) is 4. The normalized spacial score (nSPS) is 23.5. The molecule has 0 amide bonds. The molecule has 2 aliphatic rings. The summed E-state index contributed by atoms with van der Waals surface area (Å²) in [5, 5.41) is 1.05. The Hall–Kier alpha value is -0.810. The fourth-order valence-electron chi connectivity index (χ4n) is 3.17. The number of carbonyl (C=O) groups excluding carboxylic acids is 1. The highest BCUT2D eigenvalue weighted by atomic mass is 35.5. The maximum atomic E-state index is 12.5. The Morgan fingerprint density at radius 1 is 1.38 bits per heavy atom. The summed E-state index contributed by atoms with van der Waals surface area (Å²) in [5.41, 5.74) is 0.0923. The number of halogens is 2. The van der Waals surface area contributed by atoms with Crippen molar-refractivity contribution in [2.24, 2.45) is 5.41 Å². The molecule has 2 unspecified atom stereocenters. The molecule has 2 fully saturated rings. The minimum atomic E-state index is -0.672. The van der Waals surface area contributed by atoms with Gasteiger partial charge in [-0.3, -0.25) is 4.79 Å². The van der Waals surface area contributed by atoms with E-state index in [-0.39, 0.29) is 12.3 Å². The van der Waals surface area contributed by atoms with Crippen LogP contribution < -0.4 is 0 Å². The van der Waals surface area contributed by atoms with Gasteiger partial charge in [-0.1, -0.05) is 29.3 Å². The third kappa shape index (κ3) is 3.72. The molecule has 0 spiro atoms. The summed E-state index contributed by atoms with van der Waals surface area (Å²) in [6, 6.07) is 5.28. The van der Waals surface area contributed by atoms with Crippen molar-refractivity contribution >= 4 is 29.2 Å². The van der Waals surface area contributed by atoms with Gasteiger partial charge in [0.05, 0.1) is 12.0 Å². The quantitative estimate of drug-likeness (QED) is 0.664. The van der Waals surface area contributed by atoms with Gasteiger partial charge in [0, 0.05) is 22.2 Å². The van der Waals surface area contributed by atoms with E-state index in [9.17, 15) is 4.79 Å². The predicted octanol–water partition coefficient (Wildman–Crippen LogP) is 4.92. The Morgan fingerprint density at radius 3 is 2.75 bits per heavy atom. The van der Waals surface area contributed by atoms with Crippen LogP contribution in [0.3, 0.4) is 0 Å². The Kier molecular flexibility index (Phi) is 5.70. The number of carbonyl (C=O) groups is 1. The van der Waals surface area contributed by atoms with Crippen LogP contribution in [0.5, 0.6) is 0 Å². The van der Waals surface area contributed by atoms with Crippen molar-refractivity contribution in [3.8, 4) is 0 Å². The van der Waals surface area contributed by atoms with Gasteiger partial charge in [-0.2, -0.15) is 0 Å². The first-order chi connectivity index (χ1) is 11.6. The van der Waals surface area contributed by atoms with E-state index in [2.05, 4.69) is 0 Å². The first kappa shape index (κ1) is 18.0. The van der Waals surface area contributed by atoms with E-state index in [0.29, 0.717) is 23.3 Å². The minimum absolute atomic E-state index is 0.225. The molecule has 1 aliphatic carbocycles. The number of rotatable bonds is 6. The number of benzene rings is 1. The maximum Gasteiger partial charge on any atom is 0.315 e. The molecule has 0 bridgehead atoms. The highest BCUT2D eigenvalue weighted by Crippen LogP contribution is 2.59. The van der Waals surface area contributed by atoms with Crippen molar-refractivity contribution in [1.29, 1.82) is 0 Å². The van der Waals surface area contributed by atoms with Gasteiger partial charge in [0.1, 0.15) is 6.10 Å². The van der Waals surface area contributed by atoms with Crippen molar-refractivity contribution in [2.75, 3.05) is 13.2 Å². The van der Waals surface area contributed by atoms with Crippen LogP contribution in [0.4, 0.5) is 0 Å². The monoisotopic (exact) mass is 372 g/mol. The summed E-state index contributed by atoms with van der Waals surface area (Å²) in [4.78, 5) is 12.5. The molecule has 4 nitrogen and oxygen atoms in total. The van der Waals surface area contributed by atoms with Gasteiger partial charge >= 0.3 is 5.97 Å². The lowest BCUT2D eigenvalue weighted by Gasteiger charge is -2.32. The molecule has 132 valence electrons. The maximum absolute atomic E-state index is 12.5. The van der Waals surface area contributed by atoms with E-state index in [1.807, 2.05) is 13.0 Å². The predicted molar refractivity (Wildman–Crippen MR) is 92.2 cm³/mol. The first-order valence-corrected chi connectivity index (χ1v) is 9.21. The second-order valence-electron chi connectivity index (χ2n) is 6.35. The van der Waals surface area contributed by atoms with Crippen LogP contribution >= 0.6 is 23.2 Å². The summed E-state index contributed by atoms with van der Waals surface area (Å²) in [6.07, 6.45) is 3.56. The number of hydrogen-bond donors (Lipinski definition) is 0. The minimum Gasteiger partial charge on any atom is -0.465 e. The smallest absolute Gasteiger partial charge is 0.315 e. The molecular formula is C18H22Cl2O4. The van der Waals surface area contributed by atoms with E-state index < -0.39 is 11.5 Å². The van der Waals surface area contributed by atoms with Crippen molar-refractivity contribution in [1.82, 2.24) is 0 Å². The third-order valence-corrected chi connectivity index (χ3v) is 5.21. The number of ether oxygens (including phenoxy) is 3. The molecule has 1 aliphatic heterocycles. The largest absolute Gasteiger partial charge is 0.465 e. The van der Waals surface area contributed by atoms with Crippen LogP contribution in [0.15, 0.2) is 18.2 Å². The van der Waals surface area contributed by atoms with E-state index in [1.165, 1.54) is 0 Å². The van der Waals surface area contributed by atoms with Crippen molar-refractivity contribution in [3.05, 3.63) is 33.8 Å². The van der Waals surface area contributed by atoms with Gasteiger partial charge in [0.2, 0.25) is 0 Å².